The van der Waals surface area contributed by atoms with Gasteiger partial charge in [0.05, 0.1) is 15.5 Å². The first-order valence-electron chi connectivity index (χ1n) is 8.61. The van der Waals surface area contributed by atoms with Gasteiger partial charge in [0.15, 0.2) is 5.13 Å². The summed E-state index contributed by atoms with van der Waals surface area (Å²) in [7, 11) is -1.36. The Bertz CT molecular complexity index is 858. The van der Waals surface area contributed by atoms with Crippen molar-refractivity contribution in [2.24, 2.45) is 0 Å². The number of anilines is 1. The predicted octanol–water partition coefficient (Wildman–Crippen LogP) is 2.86. The normalized spacial score (nSPS) is 22.0. The van der Waals surface area contributed by atoms with E-state index < -0.39 is 10.0 Å². The van der Waals surface area contributed by atoms with Crippen molar-refractivity contribution in [3.8, 4) is 0 Å². The van der Waals surface area contributed by atoms with E-state index in [1.807, 2.05) is 0 Å². The largest absolute Gasteiger partial charge is 0.346 e. The average molecular weight is 366 g/mol. The van der Waals surface area contributed by atoms with Crippen LogP contribution in [0.3, 0.4) is 0 Å². The Morgan fingerprint density at radius 1 is 1.33 bits per heavy atom. The van der Waals surface area contributed by atoms with Gasteiger partial charge >= 0.3 is 0 Å². The van der Waals surface area contributed by atoms with Crippen molar-refractivity contribution in [2.75, 3.05) is 25.0 Å². The van der Waals surface area contributed by atoms with Gasteiger partial charge < -0.3 is 4.90 Å². The molecule has 0 amide bonds. The third kappa shape index (κ3) is 2.72. The second-order valence-electron chi connectivity index (χ2n) is 6.76. The lowest BCUT2D eigenvalue weighted by Gasteiger charge is -2.24. The number of likely N-dealkylation sites (N-methyl/N-ethyl adjacent to an activating group) is 1. The summed E-state index contributed by atoms with van der Waals surface area (Å²) < 4.78 is 27.7. The fraction of sp³-hybridized carbons (Fsp3) is 0.588. The molecule has 1 aliphatic heterocycles. The van der Waals surface area contributed by atoms with Gasteiger partial charge in [0, 0.05) is 26.2 Å². The average Bonchev–Trinajstić information content (AvgIpc) is 3.18. The van der Waals surface area contributed by atoms with Gasteiger partial charge in [0.2, 0.25) is 10.0 Å². The van der Waals surface area contributed by atoms with E-state index in [9.17, 15) is 8.42 Å². The van der Waals surface area contributed by atoms with Gasteiger partial charge in [-0.25, -0.2) is 13.4 Å². The maximum Gasteiger partial charge on any atom is 0.217 e. The van der Waals surface area contributed by atoms with E-state index in [0.29, 0.717) is 0 Å². The highest BCUT2D eigenvalue weighted by atomic mass is 32.2. The van der Waals surface area contributed by atoms with E-state index in [0.717, 1.165) is 49.4 Å². The minimum atomic E-state index is -3.10. The lowest BCUT2D eigenvalue weighted by molar-refractivity contribution is 0.389. The Kier molecular flexibility index (Phi) is 4.05. The third-order valence-corrected chi connectivity index (χ3v) is 8.66. The van der Waals surface area contributed by atoms with Gasteiger partial charge in [0.25, 0.3) is 0 Å². The molecule has 1 atom stereocenters. The smallest absolute Gasteiger partial charge is 0.217 e. The number of fused-ring (bicyclic) bond motifs is 1. The van der Waals surface area contributed by atoms with Crippen LogP contribution in [-0.2, 0) is 16.4 Å². The molecule has 4 rings (SSSR count). The van der Waals surface area contributed by atoms with E-state index in [4.69, 9.17) is 4.98 Å². The van der Waals surface area contributed by atoms with Crippen LogP contribution in [0.2, 0.25) is 0 Å². The Morgan fingerprint density at radius 3 is 2.83 bits per heavy atom. The number of hydrogen-bond acceptors (Lipinski definition) is 5. The molecule has 1 unspecified atom stereocenters. The van der Waals surface area contributed by atoms with Crippen LogP contribution in [0.5, 0.6) is 0 Å². The van der Waals surface area contributed by atoms with Crippen molar-refractivity contribution < 1.29 is 8.42 Å². The number of nitrogens with zero attached hydrogens (tertiary/aromatic N) is 3. The zero-order valence-corrected chi connectivity index (χ0v) is 15.7. The third-order valence-electron chi connectivity index (χ3n) is 5.17. The van der Waals surface area contributed by atoms with Crippen molar-refractivity contribution in [3.05, 3.63) is 23.8 Å². The van der Waals surface area contributed by atoms with Crippen molar-refractivity contribution >= 4 is 36.7 Å². The number of benzene rings is 1. The second-order valence-corrected chi connectivity index (χ2v) is 10.0. The summed E-state index contributed by atoms with van der Waals surface area (Å²) >= 11 is 1.71. The highest BCUT2D eigenvalue weighted by Crippen LogP contribution is 2.35. The number of para-hydroxylation sites is 1. The number of aryl methyl sites for hydroxylation is 1. The molecule has 2 aromatic rings. The molecule has 0 radical (unpaired) electrons. The molecule has 24 heavy (non-hydrogen) atoms. The van der Waals surface area contributed by atoms with Crippen LogP contribution in [0.15, 0.2) is 18.2 Å². The molecule has 0 spiro atoms. The molecule has 1 aromatic carbocycles. The van der Waals surface area contributed by atoms with Gasteiger partial charge in [-0.15, -0.1) is 0 Å². The molecule has 0 N–H and O–H groups in total. The summed E-state index contributed by atoms with van der Waals surface area (Å²) in [4.78, 5) is 7.09. The van der Waals surface area contributed by atoms with Crippen molar-refractivity contribution in [2.45, 2.75) is 43.9 Å². The SMILES string of the molecule is CCc1cccc2sc(N3CCC(N(C)S(=O)(=O)C4CC4)C3)nc12. The standard InChI is InChI=1S/C17H23N3O2S2/c1-3-12-5-4-6-15-16(12)18-17(23-15)20-10-9-13(11-20)19(2)24(21,22)14-7-8-14/h4-6,13-14H,3,7-11H2,1-2H3. The molecule has 1 aliphatic carbocycles. The molecule has 2 heterocycles. The second kappa shape index (κ2) is 5.97. The van der Waals surface area contributed by atoms with E-state index in [1.165, 1.54) is 10.3 Å². The maximum absolute atomic E-state index is 12.4. The molecule has 1 saturated heterocycles. The van der Waals surface area contributed by atoms with Gasteiger partial charge in [-0.2, -0.15) is 4.31 Å². The highest BCUT2D eigenvalue weighted by Gasteiger charge is 2.42. The maximum atomic E-state index is 12.4. The molecular weight excluding hydrogens is 342 g/mol. The number of thiazole rings is 1. The Morgan fingerprint density at radius 2 is 2.12 bits per heavy atom. The van der Waals surface area contributed by atoms with Crippen molar-refractivity contribution in [1.29, 1.82) is 0 Å². The Balaban J connectivity index is 1.54. The summed E-state index contributed by atoms with van der Waals surface area (Å²) in [5, 5.41) is 0.886. The molecular formula is C17H23N3O2S2. The summed E-state index contributed by atoms with van der Waals surface area (Å²) in [6.45, 7) is 3.76. The number of aromatic nitrogens is 1. The first kappa shape index (κ1) is 16.3. The Hall–Kier alpha value is -1.18. The molecule has 130 valence electrons. The summed E-state index contributed by atoms with van der Waals surface area (Å²) in [6, 6.07) is 6.40. The molecule has 1 saturated carbocycles. The monoisotopic (exact) mass is 365 g/mol. The molecule has 5 nitrogen and oxygen atoms in total. The fourth-order valence-corrected chi connectivity index (χ4v) is 6.27. The van der Waals surface area contributed by atoms with E-state index in [2.05, 4.69) is 30.0 Å². The first-order chi connectivity index (χ1) is 11.5. The molecule has 7 heteroatoms. The van der Waals surface area contributed by atoms with Crippen LogP contribution in [0.25, 0.3) is 10.2 Å². The molecule has 0 bridgehead atoms. The summed E-state index contributed by atoms with van der Waals surface area (Å²) in [5.41, 5.74) is 2.38. The van der Waals surface area contributed by atoms with Crippen LogP contribution in [-0.4, -0.2) is 49.1 Å². The van der Waals surface area contributed by atoms with Crippen LogP contribution < -0.4 is 4.90 Å². The van der Waals surface area contributed by atoms with Gasteiger partial charge in [0.1, 0.15) is 0 Å². The van der Waals surface area contributed by atoms with Crippen molar-refractivity contribution in [1.82, 2.24) is 9.29 Å². The number of sulfonamides is 1. The summed E-state index contributed by atoms with van der Waals surface area (Å²) in [6.07, 6.45) is 3.49. The van der Waals surface area contributed by atoms with Crippen LogP contribution in [0, 0.1) is 0 Å². The lowest BCUT2D eigenvalue weighted by atomic mass is 10.1. The highest BCUT2D eigenvalue weighted by molar-refractivity contribution is 7.90. The quantitative estimate of drug-likeness (QED) is 0.818. The number of rotatable bonds is 5. The topological polar surface area (TPSA) is 53.5 Å². The van der Waals surface area contributed by atoms with Gasteiger partial charge in [-0.05, 0) is 37.3 Å². The predicted molar refractivity (Wildman–Crippen MR) is 99.3 cm³/mol. The van der Waals surface area contributed by atoms with Crippen LogP contribution in [0.4, 0.5) is 5.13 Å². The zero-order chi connectivity index (χ0) is 16.9. The molecule has 1 aromatic heterocycles. The van der Waals surface area contributed by atoms with Gasteiger partial charge in [-0.3, -0.25) is 0 Å². The van der Waals surface area contributed by atoms with Gasteiger partial charge in [-0.1, -0.05) is 30.4 Å². The first-order valence-corrected chi connectivity index (χ1v) is 10.9. The zero-order valence-electron chi connectivity index (χ0n) is 14.1. The van der Waals surface area contributed by atoms with E-state index in [1.54, 1.807) is 22.7 Å². The Labute approximate surface area is 147 Å². The number of hydrogen-bond donors (Lipinski definition) is 0. The van der Waals surface area contributed by atoms with Crippen molar-refractivity contribution in [3.63, 3.8) is 0 Å². The van der Waals surface area contributed by atoms with E-state index in [-0.39, 0.29) is 11.3 Å². The minimum absolute atomic E-state index is 0.0632. The van der Waals surface area contributed by atoms with E-state index >= 15 is 0 Å². The van der Waals surface area contributed by atoms with Crippen LogP contribution in [0.1, 0.15) is 31.7 Å². The summed E-state index contributed by atoms with van der Waals surface area (Å²) in [5.74, 6) is 0. The lowest BCUT2D eigenvalue weighted by Crippen LogP contribution is -2.40. The molecule has 2 aliphatic rings. The fourth-order valence-electron chi connectivity index (χ4n) is 3.44. The molecule has 2 fully saturated rings. The van der Waals surface area contributed by atoms with Crippen LogP contribution >= 0.6 is 11.3 Å². The minimum Gasteiger partial charge on any atom is -0.346 e.